The van der Waals surface area contributed by atoms with Gasteiger partial charge in [0.25, 0.3) is 0 Å². The van der Waals surface area contributed by atoms with Crippen molar-refractivity contribution >= 4 is 0 Å². The first-order chi connectivity index (χ1) is 5.57. The van der Waals surface area contributed by atoms with Gasteiger partial charge in [-0.15, -0.1) is 0 Å². The average molecular weight is 1090 g/mol. The van der Waals surface area contributed by atoms with Gasteiger partial charge in [-0.25, -0.2) is 0 Å². The number of aliphatic hydroxyl groups is 4. The van der Waals surface area contributed by atoms with Crippen molar-refractivity contribution in [1.82, 2.24) is 0 Å². The Morgan fingerprint density at radius 3 is 1.69 bits per heavy atom. The summed E-state index contributed by atoms with van der Waals surface area (Å²) >= 11 is 0. The number of aliphatic hydroxyl groups excluding tert-OH is 4. The summed E-state index contributed by atoms with van der Waals surface area (Å²) in [4.78, 5) is 0. The average Bonchev–Trinajstić information content (AvgIpc) is 2.08. The van der Waals surface area contributed by atoms with Gasteiger partial charge < -0.3 is 25.2 Å². The third kappa shape index (κ3) is 8.88. The maximum absolute atomic E-state index is 9.23. The molecule has 0 saturated carbocycles. The Labute approximate surface area is 238 Å². The molecule has 1 saturated heterocycles. The third-order valence-electron chi connectivity index (χ3n) is 2.13. The third-order valence-corrected chi connectivity index (χ3v) is 2.13. The Morgan fingerprint density at radius 1 is 0.875 bits per heavy atom. The first-order valence-electron chi connectivity index (χ1n) is 3.88. The van der Waals surface area contributed by atoms with Gasteiger partial charge in [-0.05, 0) is 6.92 Å². The molecule has 16 heavy (non-hydrogen) atoms. The minimum atomic E-state index is -1.24. The van der Waals surface area contributed by atoms with Crippen molar-refractivity contribution in [3.05, 3.63) is 0 Å². The zero-order valence-corrected chi connectivity index (χ0v) is 28.1. The molecule has 1 aliphatic heterocycles. The van der Waals surface area contributed by atoms with E-state index in [9.17, 15) is 15.3 Å². The smallest absolute Gasteiger partial charge is 0.111 e. The number of hydrogen-bond acceptors (Lipinski definition) is 5. The van der Waals surface area contributed by atoms with Crippen molar-refractivity contribution in [2.45, 2.75) is 37.4 Å². The molecule has 4 N–H and O–H groups in total. The predicted octanol–water partition coefficient (Wildman–Crippen LogP) is -2.15. The molecule has 0 aliphatic carbocycles. The maximum atomic E-state index is 9.23. The normalized spacial score (nSPS) is 36.9. The quantitative estimate of drug-likeness (QED) is 0.241. The Bertz CT molecular complexity index is 159. The maximum Gasteiger partial charge on any atom is 0.111 e. The van der Waals surface area contributed by atoms with E-state index in [0.717, 1.165) is 0 Å². The minimum Gasteiger partial charge on any atom is -0.394 e. The summed E-state index contributed by atoms with van der Waals surface area (Å²) in [6.07, 6.45) is -4.94. The summed E-state index contributed by atoms with van der Waals surface area (Å²) in [5.41, 5.74) is 0. The van der Waals surface area contributed by atoms with Crippen LogP contribution in [-0.4, -0.2) is 57.6 Å². The van der Waals surface area contributed by atoms with Gasteiger partial charge in [0, 0.05) is 176 Å². The molecule has 1 aliphatic rings. The van der Waals surface area contributed by atoms with Crippen LogP contribution in [0.5, 0.6) is 0 Å². The Balaban J connectivity index is -0.000000180. The van der Waals surface area contributed by atoms with Crippen LogP contribution >= 0.6 is 0 Å². The fraction of sp³-hybridized carbons (Fsp3) is 1.00. The molecule has 1 fully saturated rings. The molecule has 1 rings (SSSR count). The van der Waals surface area contributed by atoms with E-state index < -0.39 is 30.5 Å². The SMILES string of the molecule is C[C@@H]1O[C@H](CO)C(O)C(O)C1O.[Ac].[Ac].[Ac].[Ac]. The molecule has 0 amide bonds. The van der Waals surface area contributed by atoms with Crippen LogP contribution in [0.25, 0.3) is 0 Å². The first kappa shape index (κ1) is 29.6. The van der Waals surface area contributed by atoms with Gasteiger partial charge in [-0.3, -0.25) is 0 Å². The summed E-state index contributed by atoms with van der Waals surface area (Å²) < 4.78 is 5.02. The van der Waals surface area contributed by atoms with Crippen molar-refractivity contribution in [1.29, 1.82) is 0 Å². The zero-order valence-electron chi connectivity index (χ0n) is 9.10. The van der Waals surface area contributed by atoms with Crippen LogP contribution in [0.4, 0.5) is 0 Å². The molecule has 1 heterocycles. The van der Waals surface area contributed by atoms with Gasteiger partial charge in [-0.1, -0.05) is 0 Å². The molecule has 0 spiro atoms. The summed E-state index contributed by atoms with van der Waals surface area (Å²) in [5.74, 6) is 0. The minimum absolute atomic E-state index is 0. The molecule has 0 aromatic heterocycles. The second kappa shape index (κ2) is 15.5. The largest absolute Gasteiger partial charge is 0.394 e. The Morgan fingerprint density at radius 2 is 1.31 bits per heavy atom. The Kier molecular flexibility index (Phi) is 28.6. The van der Waals surface area contributed by atoms with E-state index in [1.54, 1.807) is 6.92 Å². The van der Waals surface area contributed by atoms with E-state index in [4.69, 9.17) is 9.84 Å². The zero-order chi connectivity index (χ0) is 9.30. The van der Waals surface area contributed by atoms with Gasteiger partial charge in [0.2, 0.25) is 0 Å². The molecular weight excluding hydrogens is 1070 g/mol. The van der Waals surface area contributed by atoms with Crippen molar-refractivity contribution in [2.75, 3.05) is 6.61 Å². The van der Waals surface area contributed by atoms with E-state index in [2.05, 4.69) is 0 Å². The van der Waals surface area contributed by atoms with Crippen LogP contribution in [-0.2, 0) is 4.74 Å². The van der Waals surface area contributed by atoms with Crippen molar-refractivity contribution in [3.63, 3.8) is 0 Å². The number of hydrogen-bond donors (Lipinski definition) is 4. The standard InChI is InChI=1S/C7H14O5.4Ac/c1-3-5(9)7(11)6(10)4(2-8)12-3;;;;/h3-11H,2H2,1H3;;;;/t3-,4+,5?,6?,7?;;;;/m0..../s1. The van der Waals surface area contributed by atoms with Crippen LogP contribution in [0, 0.1) is 176 Å². The molecule has 9 heteroatoms. The van der Waals surface area contributed by atoms with E-state index in [1.807, 2.05) is 0 Å². The molecule has 3 unspecified atom stereocenters. The van der Waals surface area contributed by atoms with Crippen LogP contribution < -0.4 is 0 Å². The molecule has 0 aromatic carbocycles. The van der Waals surface area contributed by atoms with Gasteiger partial charge >= 0.3 is 0 Å². The molecule has 4 radical (unpaired) electrons. The van der Waals surface area contributed by atoms with E-state index in [0.29, 0.717) is 0 Å². The molecule has 0 bridgehead atoms. The molecule has 0 aromatic rings. The van der Waals surface area contributed by atoms with Crippen LogP contribution in [0.15, 0.2) is 0 Å². The fourth-order valence-electron chi connectivity index (χ4n) is 1.29. The molecule has 5 nitrogen and oxygen atoms in total. The summed E-state index contributed by atoms with van der Waals surface area (Å²) in [7, 11) is 0. The monoisotopic (exact) mass is 1090 g/mol. The Hall–Kier alpha value is 5.57. The van der Waals surface area contributed by atoms with Gasteiger partial charge in [-0.2, -0.15) is 0 Å². The number of ether oxygens (including phenoxy) is 1. The van der Waals surface area contributed by atoms with Crippen molar-refractivity contribution in [3.8, 4) is 0 Å². The van der Waals surface area contributed by atoms with Crippen LogP contribution in [0.3, 0.4) is 0 Å². The van der Waals surface area contributed by atoms with Crippen molar-refractivity contribution < 1.29 is 201 Å². The summed E-state index contributed by atoms with van der Waals surface area (Å²) in [6, 6.07) is 0. The molecule has 84 valence electrons. The predicted molar refractivity (Wildman–Crippen MR) is 39.4 cm³/mol. The van der Waals surface area contributed by atoms with Crippen LogP contribution in [0.2, 0.25) is 0 Å². The van der Waals surface area contributed by atoms with Crippen LogP contribution in [0.1, 0.15) is 6.92 Å². The summed E-state index contributed by atoms with van der Waals surface area (Å²) in [6.45, 7) is 1.21. The summed E-state index contributed by atoms with van der Waals surface area (Å²) in [5, 5.41) is 36.4. The molecule has 5 atom stereocenters. The number of rotatable bonds is 1. The van der Waals surface area contributed by atoms with Gasteiger partial charge in [0.1, 0.15) is 24.4 Å². The second-order valence-electron chi connectivity index (χ2n) is 3.03. The fourth-order valence-corrected chi connectivity index (χ4v) is 1.29. The topological polar surface area (TPSA) is 90.2 Å². The first-order valence-corrected chi connectivity index (χ1v) is 3.88. The van der Waals surface area contributed by atoms with E-state index in [-0.39, 0.29) is 183 Å². The second-order valence-corrected chi connectivity index (χ2v) is 3.03. The van der Waals surface area contributed by atoms with E-state index >= 15 is 0 Å². The molecular formula is C7H14Ac4O5. The van der Waals surface area contributed by atoms with E-state index in [1.165, 1.54) is 0 Å². The van der Waals surface area contributed by atoms with Gasteiger partial charge in [0.15, 0.2) is 0 Å². The van der Waals surface area contributed by atoms with Crippen molar-refractivity contribution in [2.24, 2.45) is 0 Å². The van der Waals surface area contributed by atoms with Gasteiger partial charge in [0.05, 0.1) is 12.7 Å².